The summed E-state index contributed by atoms with van der Waals surface area (Å²) in [5.74, 6) is 6.10. The van der Waals surface area contributed by atoms with Crippen LogP contribution in [0, 0.1) is 5.92 Å². The van der Waals surface area contributed by atoms with Crippen molar-refractivity contribution in [2.75, 3.05) is 13.7 Å². The lowest BCUT2D eigenvalue weighted by atomic mass is 9.98. The molecule has 0 saturated carbocycles. The lowest BCUT2D eigenvalue weighted by molar-refractivity contribution is 0.148. The van der Waals surface area contributed by atoms with Crippen molar-refractivity contribution in [3.63, 3.8) is 0 Å². The van der Waals surface area contributed by atoms with Crippen molar-refractivity contribution in [1.29, 1.82) is 0 Å². The van der Waals surface area contributed by atoms with E-state index in [0.717, 1.165) is 25.9 Å². The molecule has 2 unspecified atom stereocenters. The van der Waals surface area contributed by atoms with Crippen LogP contribution in [0.5, 0.6) is 0 Å². The fourth-order valence-electron chi connectivity index (χ4n) is 2.08. The van der Waals surface area contributed by atoms with Gasteiger partial charge in [0.05, 0.1) is 0 Å². The van der Waals surface area contributed by atoms with Crippen LogP contribution in [0.4, 0.5) is 0 Å². The molecule has 0 aliphatic carbocycles. The van der Waals surface area contributed by atoms with Gasteiger partial charge in [-0.25, -0.2) is 0 Å². The molecule has 1 aromatic heterocycles. The van der Waals surface area contributed by atoms with Crippen molar-refractivity contribution in [1.82, 2.24) is 15.2 Å². The zero-order valence-corrected chi connectivity index (χ0v) is 11.0. The SMILES string of the molecule is COCC(C)CC(CCc1ccnn1C)NN. The van der Waals surface area contributed by atoms with Gasteiger partial charge in [0, 0.05) is 38.7 Å². The Hall–Kier alpha value is -0.910. The summed E-state index contributed by atoms with van der Waals surface area (Å²) in [6.07, 6.45) is 4.87. The molecule has 0 bridgehead atoms. The summed E-state index contributed by atoms with van der Waals surface area (Å²) in [5.41, 5.74) is 4.13. The molecule has 5 heteroatoms. The number of hydrogen-bond donors (Lipinski definition) is 2. The van der Waals surface area contributed by atoms with Crippen LogP contribution in [0.2, 0.25) is 0 Å². The Balaban J connectivity index is 2.34. The van der Waals surface area contributed by atoms with Crippen LogP contribution in [-0.4, -0.2) is 29.5 Å². The van der Waals surface area contributed by atoms with Gasteiger partial charge >= 0.3 is 0 Å². The maximum absolute atomic E-state index is 5.58. The molecule has 1 rings (SSSR count). The standard InChI is InChI=1S/C12H24N4O/c1-10(9-17-3)8-11(15-13)4-5-12-6-7-14-16(12)2/h6-7,10-11,15H,4-5,8-9,13H2,1-3H3. The quantitative estimate of drug-likeness (QED) is 0.522. The van der Waals surface area contributed by atoms with E-state index in [1.807, 2.05) is 24.0 Å². The predicted molar refractivity (Wildman–Crippen MR) is 68.3 cm³/mol. The van der Waals surface area contributed by atoms with E-state index in [1.54, 1.807) is 7.11 Å². The van der Waals surface area contributed by atoms with Crippen LogP contribution in [0.25, 0.3) is 0 Å². The normalized spacial score (nSPS) is 14.8. The molecular formula is C12H24N4O. The molecule has 1 heterocycles. The highest BCUT2D eigenvalue weighted by molar-refractivity contribution is 5.00. The van der Waals surface area contributed by atoms with E-state index in [-0.39, 0.29) is 0 Å². The Labute approximate surface area is 103 Å². The molecule has 3 N–H and O–H groups in total. The largest absolute Gasteiger partial charge is 0.384 e. The molecule has 0 aromatic carbocycles. The summed E-state index contributed by atoms with van der Waals surface area (Å²) in [5, 5.41) is 4.16. The molecule has 0 amide bonds. The van der Waals surface area contributed by atoms with E-state index in [4.69, 9.17) is 10.6 Å². The maximum atomic E-state index is 5.58. The smallest absolute Gasteiger partial charge is 0.0492 e. The zero-order valence-electron chi connectivity index (χ0n) is 11.0. The minimum absolute atomic E-state index is 0.329. The average molecular weight is 240 g/mol. The van der Waals surface area contributed by atoms with Gasteiger partial charge in [-0.1, -0.05) is 6.92 Å². The molecule has 0 aliphatic heterocycles. The third-order valence-electron chi connectivity index (χ3n) is 3.05. The first-order valence-electron chi connectivity index (χ1n) is 6.09. The molecule has 5 nitrogen and oxygen atoms in total. The van der Waals surface area contributed by atoms with E-state index < -0.39 is 0 Å². The monoisotopic (exact) mass is 240 g/mol. The minimum atomic E-state index is 0.329. The second kappa shape index (κ2) is 7.42. The van der Waals surface area contributed by atoms with Crippen molar-refractivity contribution < 1.29 is 4.74 Å². The summed E-state index contributed by atoms with van der Waals surface area (Å²) >= 11 is 0. The Morgan fingerprint density at radius 2 is 2.35 bits per heavy atom. The van der Waals surface area contributed by atoms with Gasteiger partial charge in [0.2, 0.25) is 0 Å². The number of nitrogens with one attached hydrogen (secondary N) is 1. The molecule has 0 fully saturated rings. The van der Waals surface area contributed by atoms with Crippen LogP contribution in [0.3, 0.4) is 0 Å². The minimum Gasteiger partial charge on any atom is -0.384 e. The third-order valence-corrected chi connectivity index (χ3v) is 3.05. The molecule has 0 aliphatic rings. The van der Waals surface area contributed by atoms with Crippen molar-refractivity contribution in [2.45, 2.75) is 32.2 Å². The highest BCUT2D eigenvalue weighted by Crippen LogP contribution is 2.11. The summed E-state index contributed by atoms with van der Waals surface area (Å²) in [7, 11) is 3.70. The van der Waals surface area contributed by atoms with Gasteiger partial charge in [-0.15, -0.1) is 0 Å². The maximum Gasteiger partial charge on any atom is 0.0492 e. The average Bonchev–Trinajstić information content (AvgIpc) is 2.70. The number of aromatic nitrogens is 2. The number of nitrogens with zero attached hydrogens (tertiary/aromatic N) is 2. The summed E-state index contributed by atoms with van der Waals surface area (Å²) < 4.78 is 7.04. The molecule has 98 valence electrons. The highest BCUT2D eigenvalue weighted by Gasteiger charge is 2.12. The van der Waals surface area contributed by atoms with Gasteiger partial charge in [-0.2, -0.15) is 5.10 Å². The van der Waals surface area contributed by atoms with Crippen molar-refractivity contribution >= 4 is 0 Å². The van der Waals surface area contributed by atoms with Crippen LogP contribution >= 0.6 is 0 Å². The van der Waals surface area contributed by atoms with E-state index >= 15 is 0 Å². The predicted octanol–water partition coefficient (Wildman–Crippen LogP) is 0.857. The summed E-state index contributed by atoms with van der Waals surface area (Å²) in [6, 6.07) is 2.38. The van der Waals surface area contributed by atoms with E-state index in [2.05, 4.69) is 17.4 Å². The van der Waals surface area contributed by atoms with Crippen LogP contribution in [0.1, 0.15) is 25.5 Å². The van der Waals surface area contributed by atoms with Gasteiger partial charge < -0.3 is 4.74 Å². The second-order valence-corrected chi connectivity index (χ2v) is 4.64. The fraction of sp³-hybridized carbons (Fsp3) is 0.750. The van der Waals surface area contributed by atoms with Gasteiger partial charge in [-0.05, 0) is 31.2 Å². The van der Waals surface area contributed by atoms with E-state index in [9.17, 15) is 0 Å². The van der Waals surface area contributed by atoms with E-state index in [0.29, 0.717) is 12.0 Å². The second-order valence-electron chi connectivity index (χ2n) is 4.64. The van der Waals surface area contributed by atoms with E-state index in [1.165, 1.54) is 5.69 Å². The Bertz CT molecular complexity index is 313. The van der Waals surface area contributed by atoms with Crippen LogP contribution in [-0.2, 0) is 18.2 Å². The lowest BCUT2D eigenvalue weighted by Gasteiger charge is -2.19. The number of aryl methyl sites for hydroxylation is 2. The van der Waals surface area contributed by atoms with Gasteiger partial charge in [0.1, 0.15) is 0 Å². The molecule has 0 spiro atoms. The number of hydrogen-bond acceptors (Lipinski definition) is 4. The molecule has 0 saturated heterocycles. The molecule has 17 heavy (non-hydrogen) atoms. The molecule has 0 radical (unpaired) electrons. The topological polar surface area (TPSA) is 65.1 Å². The lowest BCUT2D eigenvalue weighted by Crippen LogP contribution is -2.37. The van der Waals surface area contributed by atoms with Crippen molar-refractivity contribution in [2.24, 2.45) is 18.8 Å². The Morgan fingerprint density at radius 3 is 2.88 bits per heavy atom. The number of hydrazine groups is 1. The fourth-order valence-corrected chi connectivity index (χ4v) is 2.08. The summed E-state index contributed by atoms with van der Waals surface area (Å²) in [4.78, 5) is 0. The van der Waals surface area contributed by atoms with Gasteiger partial charge in [0.15, 0.2) is 0 Å². The number of methoxy groups -OCH3 is 1. The van der Waals surface area contributed by atoms with Crippen molar-refractivity contribution in [3.05, 3.63) is 18.0 Å². The number of ether oxygens (including phenoxy) is 1. The summed E-state index contributed by atoms with van der Waals surface area (Å²) in [6.45, 7) is 2.96. The molecular weight excluding hydrogens is 216 g/mol. The van der Waals surface area contributed by atoms with Gasteiger partial charge in [-0.3, -0.25) is 16.0 Å². The number of rotatable bonds is 8. The molecule has 2 atom stereocenters. The zero-order chi connectivity index (χ0) is 12.7. The first-order valence-corrected chi connectivity index (χ1v) is 6.09. The first kappa shape index (κ1) is 14.2. The van der Waals surface area contributed by atoms with Gasteiger partial charge in [0.25, 0.3) is 0 Å². The van der Waals surface area contributed by atoms with Crippen LogP contribution < -0.4 is 11.3 Å². The Morgan fingerprint density at radius 1 is 1.59 bits per heavy atom. The highest BCUT2D eigenvalue weighted by atomic mass is 16.5. The van der Waals surface area contributed by atoms with Crippen LogP contribution in [0.15, 0.2) is 12.3 Å². The Kier molecular flexibility index (Phi) is 6.18. The number of nitrogens with two attached hydrogens (primary N) is 1. The van der Waals surface area contributed by atoms with Crippen molar-refractivity contribution in [3.8, 4) is 0 Å². The molecule has 1 aromatic rings. The first-order chi connectivity index (χ1) is 8.17. The third kappa shape index (κ3) is 4.85.